The second kappa shape index (κ2) is 4.40. The Morgan fingerprint density at radius 1 is 1.73 bits per heavy atom. The zero-order valence-corrected chi connectivity index (χ0v) is 8.74. The van der Waals surface area contributed by atoms with Gasteiger partial charge in [0.25, 0.3) is 5.92 Å². The summed E-state index contributed by atoms with van der Waals surface area (Å²) in [6.45, 7) is 1.04. The van der Waals surface area contributed by atoms with E-state index in [1.807, 2.05) is 0 Å². The molecule has 4 nitrogen and oxygen atoms in total. The summed E-state index contributed by atoms with van der Waals surface area (Å²) in [4.78, 5) is 12.0. The standard InChI is InChI=1S/C9H15F2NO3/c1-6(8(13)14)12-5-9(10,11)3-7(12)4-15-2/h6-7H,3-5H2,1-2H3,(H,13,14). The van der Waals surface area contributed by atoms with E-state index in [0.717, 1.165) is 0 Å². The smallest absolute Gasteiger partial charge is 0.320 e. The molecule has 0 bridgehead atoms. The van der Waals surface area contributed by atoms with Crippen LogP contribution < -0.4 is 0 Å². The maximum absolute atomic E-state index is 13.1. The van der Waals surface area contributed by atoms with E-state index in [2.05, 4.69) is 0 Å². The third-order valence-corrected chi connectivity index (χ3v) is 2.63. The highest BCUT2D eigenvalue weighted by atomic mass is 19.3. The van der Waals surface area contributed by atoms with Crippen LogP contribution in [-0.4, -0.2) is 54.2 Å². The molecule has 0 aromatic heterocycles. The number of carboxylic acid groups (broad SMARTS) is 1. The van der Waals surface area contributed by atoms with Crippen LogP contribution in [0.3, 0.4) is 0 Å². The lowest BCUT2D eigenvalue weighted by Gasteiger charge is -2.26. The summed E-state index contributed by atoms with van der Waals surface area (Å²) in [5.41, 5.74) is 0. The number of carbonyl (C=O) groups is 1. The molecular formula is C9H15F2NO3. The van der Waals surface area contributed by atoms with E-state index < -0.39 is 30.5 Å². The molecule has 1 heterocycles. The minimum atomic E-state index is -2.81. The van der Waals surface area contributed by atoms with Gasteiger partial charge in [-0.25, -0.2) is 8.78 Å². The molecule has 1 aliphatic rings. The van der Waals surface area contributed by atoms with E-state index >= 15 is 0 Å². The van der Waals surface area contributed by atoms with Crippen LogP contribution in [0.4, 0.5) is 8.78 Å². The molecule has 1 aliphatic heterocycles. The van der Waals surface area contributed by atoms with Gasteiger partial charge in [0, 0.05) is 19.6 Å². The summed E-state index contributed by atoms with van der Waals surface area (Å²) in [7, 11) is 1.42. The first kappa shape index (κ1) is 12.3. The van der Waals surface area contributed by atoms with E-state index in [1.54, 1.807) is 0 Å². The largest absolute Gasteiger partial charge is 0.480 e. The van der Waals surface area contributed by atoms with Crippen LogP contribution in [0.1, 0.15) is 13.3 Å². The Morgan fingerprint density at radius 3 is 2.80 bits per heavy atom. The Balaban J connectivity index is 2.72. The van der Waals surface area contributed by atoms with Crippen LogP contribution in [0.2, 0.25) is 0 Å². The van der Waals surface area contributed by atoms with Gasteiger partial charge >= 0.3 is 5.97 Å². The zero-order chi connectivity index (χ0) is 11.6. The highest BCUT2D eigenvalue weighted by molar-refractivity contribution is 5.73. The molecule has 2 unspecified atom stereocenters. The van der Waals surface area contributed by atoms with Crippen molar-refractivity contribution in [2.24, 2.45) is 0 Å². The average molecular weight is 223 g/mol. The molecule has 0 aromatic carbocycles. The number of carboxylic acids is 1. The van der Waals surface area contributed by atoms with Gasteiger partial charge in [-0.2, -0.15) is 0 Å². The number of likely N-dealkylation sites (tertiary alicyclic amines) is 1. The number of hydrogen-bond acceptors (Lipinski definition) is 3. The molecule has 0 radical (unpaired) electrons. The summed E-state index contributed by atoms with van der Waals surface area (Å²) in [5.74, 6) is -3.90. The topological polar surface area (TPSA) is 49.8 Å². The first-order valence-corrected chi connectivity index (χ1v) is 4.72. The van der Waals surface area contributed by atoms with E-state index in [0.29, 0.717) is 0 Å². The van der Waals surface area contributed by atoms with Crippen LogP contribution >= 0.6 is 0 Å². The number of nitrogens with zero attached hydrogens (tertiary/aromatic N) is 1. The summed E-state index contributed by atoms with van der Waals surface area (Å²) in [6, 6.07) is -1.42. The number of aliphatic carboxylic acids is 1. The Morgan fingerprint density at radius 2 is 2.33 bits per heavy atom. The molecule has 0 amide bonds. The van der Waals surface area contributed by atoms with Gasteiger partial charge in [0.1, 0.15) is 6.04 Å². The lowest BCUT2D eigenvalue weighted by Crippen LogP contribution is -2.44. The van der Waals surface area contributed by atoms with Crippen molar-refractivity contribution in [2.45, 2.75) is 31.4 Å². The van der Waals surface area contributed by atoms with Crippen LogP contribution in [0.5, 0.6) is 0 Å². The van der Waals surface area contributed by atoms with Crippen LogP contribution in [0.25, 0.3) is 0 Å². The van der Waals surface area contributed by atoms with Gasteiger partial charge in [-0.15, -0.1) is 0 Å². The number of alkyl halides is 2. The quantitative estimate of drug-likeness (QED) is 0.766. The Kier molecular flexibility index (Phi) is 3.62. The molecule has 0 aromatic rings. The van der Waals surface area contributed by atoms with Crippen LogP contribution in [0, 0.1) is 0 Å². The van der Waals surface area contributed by atoms with Crippen molar-refractivity contribution >= 4 is 5.97 Å². The molecule has 15 heavy (non-hydrogen) atoms. The Bertz CT molecular complexity index is 248. The normalized spacial score (nSPS) is 27.9. The van der Waals surface area contributed by atoms with Gasteiger partial charge in [-0.3, -0.25) is 9.69 Å². The summed E-state index contributed by atoms with van der Waals surface area (Å²) < 4.78 is 31.0. The van der Waals surface area contributed by atoms with Crippen molar-refractivity contribution in [3.8, 4) is 0 Å². The predicted molar refractivity (Wildman–Crippen MR) is 49.0 cm³/mol. The van der Waals surface area contributed by atoms with Crippen LogP contribution in [0.15, 0.2) is 0 Å². The van der Waals surface area contributed by atoms with E-state index in [4.69, 9.17) is 9.84 Å². The van der Waals surface area contributed by atoms with Gasteiger partial charge in [0.15, 0.2) is 0 Å². The first-order valence-electron chi connectivity index (χ1n) is 4.72. The minimum Gasteiger partial charge on any atom is -0.480 e. The molecule has 6 heteroatoms. The van der Waals surface area contributed by atoms with E-state index in [1.165, 1.54) is 18.9 Å². The fourth-order valence-corrected chi connectivity index (χ4v) is 1.86. The van der Waals surface area contributed by atoms with Gasteiger partial charge < -0.3 is 9.84 Å². The zero-order valence-electron chi connectivity index (χ0n) is 8.74. The van der Waals surface area contributed by atoms with Crippen molar-refractivity contribution in [2.75, 3.05) is 20.3 Å². The number of methoxy groups -OCH3 is 1. The van der Waals surface area contributed by atoms with Crippen molar-refractivity contribution in [3.63, 3.8) is 0 Å². The van der Waals surface area contributed by atoms with Gasteiger partial charge in [0.2, 0.25) is 0 Å². The van der Waals surface area contributed by atoms with Crippen molar-refractivity contribution in [3.05, 3.63) is 0 Å². The third-order valence-electron chi connectivity index (χ3n) is 2.63. The highest BCUT2D eigenvalue weighted by Crippen LogP contribution is 2.33. The maximum atomic E-state index is 13.1. The lowest BCUT2D eigenvalue weighted by molar-refractivity contribution is -0.143. The van der Waals surface area contributed by atoms with Crippen molar-refractivity contribution < 1.29 is 23.4 Å². The number of rotatable bonds is 4. The van der Waals surface area contributed by atoms with E-state index in [-0.39, 0.29) is 13.0 Å². The second-order valence-corrected chi connectivity index (χ2v) is 3.86. The molecule has 2 atom stereocenters. The summed E-state index contributed by atoms with van der Waals surface area (Å²) >= 11 is 0. The van der Waals surface area contributed by atoms with Gasteiger partial charge in [0.05, 0.1) is 13.2 Å². The number of ether oxygens (including phenoxy) is 1. The molecule has 88 valence electrons. The first-order chi connectivity index (χ1) is 6.87. The molecule has 0 spiro atoms. The molecule has 0 aliphatic carbocycles. The van der Waals surface area contributed by atoms with E-state index in [9.17, 15) is 13.6 Å². The fraction of sp³-hybridized carbons (Fsp3) is 0.889. The summed E-state index contributed by atoms with van der Waals surface area (Å²) in [5, 5.41) is 8.77. The fourth-order valence-electron chi connectivity index (χ4n) is 1.86. The lowest BCUT2D eigenvalue weighted by atomic mass is 10.2. The van der Waals surface area contributed by atoms with Crippen molar-refractivity contribution in [1.82, 2.24) is 4.90 Å². The third kappa shape index (κ3) is 2.85. The van der Waals surface area contributed by atoms with Gasteiger partial charge in [-0.05, 0) is 6.92 Å². The Hall–Kier alpha value is -0.750. The summed E-state index contributed by atoms with van der Waals surface area (Å²) in [6.07, 6.45) is -0.335. The van der Waals surface area contributed by atoms with Crippen LogP contribution in [-0.2, 0) is 9.53 Å². The van der Waals surface area contributed by atoms with Gasteiger partial charge in [-0.1, -0.05) is 0 Å². The maximum Gasteiger partial charge on any atom is 0.320 e. The number of halogens is 2. The monoisotopic (exact) mass is 223 g/mol. The van der Waals surface area contributed by atoms with Crippen molar-refractivity contribution in [1.29, 1.82) is 0 Å². The molecular weight excluding hydrogens is 208 g/mol. The highest BCUT2D eigenvalue weighted by Gasteiger charge is 2.47. The molecule has 1 saturated heterocycles. The minimum absolute atomic E-state index is 0.132. The second-order valence-electron chi connectivity index (χ2n) is 3.86. The number of hydrogen-bond donors (Lipinski definition) is 1. The predicted octanol–water partition coefficient (Wildman–Crippen LogP) is 0.816. The molecule has 1 N–H and O–H groups in total. The molecule has 1 fully saturated rings. The SMILES string of the molecule is COCC1CC(F)(F)CN1C(C)C(=O)O. The molecule has 0 saturated carbocycles. The average Bonchev–Trinajstić information content (AvgIpc) is 2.40. The molecule has 1 rings (SSSR count). The Labute approximate surface area is 86.8 Å².